The number of phenolic OH excluding ortho intramolecular Hbond substituents is 1. The number of benzene rings is 1. The summed E-state index contributed by atoms with van der Waals surface area (Å²) in [6, 6.07) is 2.60. The molecule has 1 atom stereocenters. The zero-order chi connectivity index (χ0) is 11.6. The second-order valence-electron chi connectivity index (χ2n) is 3.14. The maximum atomic E-state index is 12.0. The van der Waals surface area contributed by atoms with Gasteiger partial charge in [-0.1, -0.05) is 17.7 Å². The SMILES string of the molecule is Cl.N[C@@H](CC(F)(F)F)c1ccc(O)c(Cl)c1. The van der Waals surface area contributed by atoms with Crippen LogP contribution in [0.2, 0.25) is 5.02 Å². The van der Waals surface area contributed by atoms with Crippen LogP contribution in [-0.2, 0) is 0 Å². The van der Waals surface area contributed by atoms with Gasteiger partial charge in [0.05, 0.1) is 11.4 Å². The van der Waals surface area contributed by atoms with E-state index in [2.05, 4.69) is 0 Å². The molecule has 7 heteroatoms. The van der Waals surface area contributed by atoms with Crippen LogP contribution in [0.25, 0.3) is 0 Å². The van der Waals surface area contributed by atoms with Gasteiger partial charge >= 0.3 is 6.18 Å². The lowest BCUT2D eigenvalue weighted by molar-refractivity contribution is -0.138. The summed E-state index contributed by atoms with van der Waals surface area (Å²) < 4.78 is 36.0. The van der Waals surface area contributed by atoms with Crippen molar-refractivity contribution in [2.75, 3.05) is 0 Å². The first-order valence-electron chi connectivity index (χ1n) is 4.10. The fraction of sp³-hybridized carbons (Fsp3) is 0.333. The Morgan fingerprint density at radius 1 is 1.38 bits per heavy atom. The van der Waals surface area contributed by atoms with Gasteiger partial charge < -0.3 is 10.8 Å². The Labute approximate surface area is 102 Å². The first-order chi connectivity index (χ1) is 6.79. The van der Waals surface area contributed by atoms with E-state index in [9.17, 15) is 13.2 Å². The van der Waals surface area contributed by atoms with Crippen LogP contribution in [0.1, 0.15) is 18.0 Å². The van der Waals surface area contributed by atoms with Gasteiger partial charge in [0.2, 0.25) is 0 Å². The molecule has 0 radical (unpaired) electrons. The molecule has 0 spiro atoms. The number of rotatable bonds is 2. The zero-order valence-corrected chi connectivity index (χ0v) is 9.53. The summed E-state index contributed by atoms with van der Waals surface area (Å²) in [5.41, 5.74) is 5.59. The summed E-state index contributed by atoms with van der Waals surface area (Å²) >= 11 is 5.54. The summed E-state index contributed by atoms with van der Waals surface area (Å²) in [5.74, 6) is -0.181. The molecule has 0 unspecified atom stereocenters. The second kappa shape index (κ2) is 5.61. The van der Waals surface area contributed by atoms with Crippen LogP contribution >= 0.6 is 24.0 Å². The number of nitrogens with two attached hydrogens (primary N) is 1. The quantitative estimate of drug-likeness (QED) is 0.869. The van der Waals surface area contributed by atoms with Crippen LogP contribution in [0, 0.1) is 0 Å². The van der Waals surface area contributed by atoms with Gasteiger partial charge in [-0.3, -0.25) is 0 Å². The molecule has 0 bridgehead atoms. The number of hydrogen-bond donors (Lipinski definition) is 2. The average molecular weight is 276 g/mol. The molecule has 3 N–H and O–H groups in total. The molecule has 0 aliphatic rings. The van der Waals surface area contributed by atoms with Crippen LogP contribution in [0.15, 0.2) is 18.2 Å². The second-order valence-corrected chi connectivity index (χ2v) is 3.54. The molecular formula is C9H10Cl2F3NO. The molecule has 16 heavy (non-hydrogen) atoms. The van der Waals surface area contributed by atoms with Crippen LogP contribution in [-0.4, -0.2) is 11.3 Å². The Kier molecular flexibility index (Phi) is 5.38. The van der Waals surface area contributed by atoms with Crippen molar-refractivity contribution < 1.29 is 18.3 Å². The van der Waals surface area contributed by atoms with E-state index in [-0.39, 0.29) is 28.7 Å². The van der Waals surface area contributed by atoms with E-state index in [1.807, 2.05) is 0 Å². The summed E-state index contributed by atoms with van der Waals surface area (Å²) in [4.78, 5) is 0. The van der Waals surface area contributed by atoms with Crippen LogP contribution < -0.4 is 5.73 Å². The maximum absolute atomic E-state index is 12.0. The average Bonchev–Trinajstić information content (AvgIpc) is 2.06. The zero-order valence-electron chi connectivity index (χ0n) is 7.96. The molecular weight excluding hydrogens is 266 g/mol. The van der Waals surface area contributed by atoms with Crippen LogP contribution in [0.5, 0.6) is 5.75 Å². The first kappa shape index (κ1) is 15.3. The normalized spacial score (nSPS) is 13.1. The molecule has 0 aliphatic heterocycles. The van der Waals surface area contributed by atoms with Gasteiger partial charge in [-0.2, -0.15) is 13.2 Å². The topological polar surface area (TPSA) is 46.2 Å². The summed E-state index contributed by atoms with van der Waals surface area (Å²) in [6.07, 6.45) is -5.43. The number of alkyl halides is 3. The van der Waals surface area contributed by atoms with Crippen molar-refractivity contribution in [1.29, 1.82) is 0 Å². The van der Waals surface area contributed by atoms with Gasteiger partial charge in [0.15, 0.2) is 0 Å². The maximum Gasteiger partial charge on any atom is 0.390 e. The first-order valence-corrected chi connectivity index (χ1v) is 4.48. The van der Waals surface area contributed by atoms with Crippen molar-refractivity contribution in [3.8, 4) is 5.75 Å². The van der Waals surface area contributed by atoms with Gasteiger partial charge in [-0.05, 0) is 17.7 Å². The standard InChI is InChI=1S/C9H9ClF3NO.ClH/c10-6-3-5(1-2-8(6)15)7(14)4-9(11,12)13;/h1-3,7,15H,4,14H2;1H/t7-;/m0./s1. The third-order valence-electron chi connectivity index (χ3n) is 1.85. The molecule has 0 amide bonds. The summed E-state index contributed by atoms with van der Waals surface area (Å²) in [7, 11) is 0. The van der Waals surface area contributed by atoms with Crippen LogP contribution in [0.4, 0.5) is 13.2 Å². The minimum atomic E-state index is -4.32. The van der Waals surface area contributed by atoms with E-state index in [1.54, 1.807) is 0 Å². The van der Waals surface area contributed by atoms with Gasteiger partial charge in [0.1, 0.15) is 5.75 Å². The number of hydrogen-bond acceptors (Lipinski definition) is 2. The highest BCUT2D eigenvalue weighted by molar-refractivity contribution is 6.32. The van der Waals surface area contributed by atoms with Gasteiger partial charge in [0.25, 0.3) is 0 Å². The molecule has 1 aromatic rings. The third kappa shape index (κ3) is 4.47. The Bertz CT molecular complexity index is 357. The van der Waals surface area contributed by atoms with E-state index in [0.29, 0.717) is 0 Å². The van der Waals surface area contributed by atoms with Crippen LogP contribution in [0.3, 0.4) is 0 Å². The Morgan fingerprint density at radius 3 is 2.38 bits per heavy atom. The van der Waals surface area contributed by atoms with Gasteiger partial charge in [-0.25, -0.2) is 0 Å². The molecule has 0 aromatic heterocycles. The predicted octanol–water partition coefficient (Wildman–Crippen LogP) is 3.42. The Hall–Kier alpha value is -0.650. The van der Waals surface area contributed by atoms with Crippen molar-refractivity contribution in [2.45, 2.75) is 18.6 Å². The number of halogens is 5. The minimum absolute atomic E-state index is 0. The lowest BCUT2D eigenvalue weighted by Gasteiger charge is -2.14. The smallest absolute Gasteiger partial charge is 0.390 e. The van der Waals surface area contributed by atoms with E-state index >= 15 is 0 Å². The van der Waals surface area contributed by atoms with Crippen molar-refractivity contribution >= 4 is 24.0 Å². The molecule has 0 saturated carbocycles. The molecule has 2 nitrogen and oxygen atoms in total. The number of aromatic hydroxyl groups is 1. The van der Waals surface area contributed by atoms with E-state index in [4.69, 9.17) is 22.4 Å². The van der Waals surface area contributed by atoms with E-state index < -0.39 is 18.6 Å². The summed E-state index contributed by atoms with van der Waals surface area (Å²) in [6.45, 7) is 0. The monoisotopic (exact) mass is 275 g/mol. The molecule has 0 fully saturated rings. The van der Waals surface area contributed by atoms with Crippen molar-refractivity contribution in [2.24, 2.45) is 5.73 Å². The lowest BCUT2D eigenvalue weighted by atomic mass is 10.0. The molecule has 92 valence electrons. The molecule has 0 heterocycles. The fourth-order valence-corrected chi connectivity index (χ4v) is 1.31. The predicted molar refractivity (Wildman–Crippen MR) is 58.0 cm³/mol. The van der Waals surface area contributed by atoms with Crippen molar-refractivity contribution in [1.82, 2.24) is 0 Å². The molecule has 1 aromatic carbocycles. The van der Waals surface area contributed by atoms with E-state index in [1.165, 1.54) is 18.2 Å². The van der Waals surface area contributed by atoms with Gasteiger partial charge in [-0.15, -0.1) is 12.4 Å². The van der Waals surface area contributed by atoms with Gasteiger partial charge in [0, 0.05) is 6.04 Å². The van der Waals surface area contributed by atoms with Crippen molar-refractivity contribution in [3.63, 3.8) is 0 Å². The minimum Gasteiger partial charge on any atom is -0.506 e. The lowest BCUT2D eigenvalue weighted by Crippen LogP contribution is -2.20. The molecule has 1 rings (SSSR count). The fourth-order valence-electron chi connectivity index (χ4n) is 1.12. The Morgan fingerprint density at radius 2 is 1.94 bits per heavy atom. The number of phenols is 1. The Balaban J connectivity index is 0.00000225. The largest absolute Gasteiger partial charge is 0.506 e. The highest BCUT2D eigenvalue weighted by Crippen LogP contribution is 2.31. The van der Waals surface area contributed by atoms with E-state index in [0.717, 1.165) is 0 Å². The molecule has 0 saturated heterocycles. The van der Waals surface area contributed by atoms with Crippen molar-refractivity contribution in [3.05, 3.63) is 28.8 Å². The third-order valence-corrected chi connectivity index (χ3v) is 2.15. The molecule has 0 aliphatic carbocycles. The summed E-state index contributed by atoms with van der Waals surface area (Å²) in [5, 5.41) is 9.05. The highest BCUT2D eigenvalue weighted by atomic mass is 35.5. The highest BCUT2D eigenvalue weighted by Gasteiger charge is 2.31.